The van der Waals surface area contributed by atoms with Crippen molar-refractivity contribution in [3.05, 3.63) is 60.4 Å². The van der Waals surface area contributed by atoms with Crippen LogP contribution < -0.4 is 10.2 Å². The minimum atomic E-state index is 0.0921. The summed E-state index contributed by atoms with van der Waals surface area (Å²) in [7, 11) is 2.05. The molecular formula is C21H26N4O. The number of para-hydroxylation sites is 3. The number of hydrogen-bond acceptors (Lipinski definition) is 3. The second kappa shape index (κ2) is 8.52. The second-order valence-electron chi connectivity index (χ2n) is 6.65. The van der Waals surface area contributed by atoms with Crippen LogP contribution in [0.5, 0.6) is 0 Å². The largest absolute Gasteiger partial charge is 0.370 e. The van der Waals surface area contributed by atoms with Gasteiger partial charge in [-0.25, -0.2) is 4.98 Å². The van der Waals surface area contributed by atoms with E-state index in [2.05, 4.69) is 39.2 Å². The van der Waals surface area contributed by atoms with E-state index in [1.54, 1.807) is 0 Å². The van der Waals surface area contributed by atoms with E-state index in [1.807, 2.05) is 49.5 Å². The van der Waals surface area contributed by atoms with Crippen molar-refractivity contribution in [1.29, 1.82) is 0 Å². The summed E-state index contributed by atoms with van der Waals surface area (Å²) in [5.74, 6) is 1.03. The molecule has 2 aromatic carbocycles. The molecule has 0 saturated heterocycles. The van der Waals surface area contributed by atoms with Crippen molar-refractivity contribution in [3.8, 4) is 0 Å². The number of carbonyl (C=O) groups excluding carboxylic acids is 1. The molecule has 0 fully saturated rings. The van der Waals surface area contributed by atoms with E-state index in [4.69, 9.17) is 0 Å². The molecule has 1 aromatic heterocycles. The summed E-state index contributed by atoms with van der Waals surface area (Å²) in [5, 5.41) is 3.03. The number of nitrogens with one attached hydrogen (secondary N) is 2. The number of likely N-dealkylation sites (N-methyl/N-ethyl adjacent to an activating group) is 1. The van der Waals surface area contributed by atoms with Crippen LogP contribution in [0.1, 0.15) is 25.6 Å². The number of aryl methyl sites for hydroxylation is 1. The maximum atomic E-state index is 12.1. The van der Waals surface area contributed by atoms with Gasteiger partial charge in [0.25, 0.3) is 0 Å². The van der Waals surface area contributed by atoms with Crippen LogP contribution in [0.3, 0.4) is 0 Å². The predicted molar refractivity (Wildman–Crippen MR) is 106 cm³/mol. The molecule has 0 aliphatic heterocycles. The minimum absolute atomic E-state index is 0.0921. The first kappa shape index (κ1) is 18.0. The monoisotopic (exact) mass is 350 g/mol. The number of aromatic amines is 1. The molecule has 26 heavy (non-hydrogen) atoms. The van der Waals surface area contributed by atoms with E-state index in [9.17, 15) is 4.79 Å². The van der Waals surface area contributed by atoms with Crippen LogP contribution in [-0.4, -0.2) is 35.5 Å². The molecule has 0 saturated carbocycles. The Balaban J connectivity index is 1.40. The highest BCUT2D eigenvalue weighted by atomic mass is 16.1. The summed E-state index contributed by atoms with van der Waals surface area (Å²) in [6.07, 6.45) is 2.08. The first-order valence-electron chi connectivity index (χ1n) is 9.11. The number of aromatic nitrogens is 2. The zero-order valence-corrected chi connectivity index (χ0v) is 15.4. The highest BCUT2D eigenvalue weighted by Gasteiger charge is 2.11. The quantitative estimate of drug-likeness (QED) is 0.653. The summed E-state index contributed by atoms with van der Waals surface area (Å²) in [4.78, 5) is 22.1. The smallest absolute Gasteiger partial charge is 0.220 e. The molecule has 1 atom stereocenters. The molecular weight excluding hydrogens is 324 g/mol. The number of amides is 1. The molecule has 5 heteroatoms. The number of carbonyl (C=O) groups is 1. The molecule has 2 N–H and O–H groups in total. The average Bonchev–Trinajstić information content (AvgIpc) is 3.09. The SMILES string of the molecule is CC(CNC(=O)CCCc1nc2ccccc2[nH]1)N(C)c1ccccc1. The van der Waals surface area contributed by atoms with Crippen LogP contribution >= 0.6 is 0 Å². The highest BCUT2D eigenvalue weighted by molar-refractivity contribution is 5.76. The third-order valence-electron chi connectivity index (χ3n) is 4.68. The summed E-state index contributed by atoms with van der Waals surface area (Å²) < 4.78 is 0. The lowest BCUT2D eigenvalue weighted by Crippen LogP contribution is -2.40. The fourth-order valence-corrected chi connectivity index (χ4v) is 2.94. The molecule has 1 unspecified atom stereocenters. The van der Waals surface area contributed by atoms with Gasteiger partial charge in [0, 0.05) is 38.2 Å². The Morgan fingerprint density at radius 3 is 2.65 bits per heavy atom. The maximum absolute atomic E-state index is 12.1. The van der Waals surface area contributed by atoms with Gasteiger partial charge in [-0.1, -0.05) is 30.3 Å². The fourth-order valence-electron chi connectivity index (χ4n) is 2.94. The van der Waals surface area contributed by atoms with Gasteiger partial charge < -0.3 is 15.2 Å². The minimum Gasteiger partial charge on any atom is -0.370 e. The summed E-state index contributed by atoms with van der Waals surface area (Å²) >= 11 is 0. The predicted octanol–water partition coefficient (Wildman–Crippen LogP) is 3.53. The van der Waals surface area contributed by atoms with E-state index in [0.717, 1.165) is 35.4 Å². The lowest BCUT2D eigenvalue weighted by molar-refractivity contribution is -0.121. The van der Waals surface area contributed by atoms with Crippen LogP contribution in [0.4, 0.5) is 5.69 Å². The van der Waals surface area contributed by atoms with Crippen LogP contribution in [0.2, 0.25) is 0 Å². The van der Waals surface area contributed by atoms with E-state index in [1.165, 1.54) is 0 Å². The summed E-state index contributed by atoms with van der Waals surface area (Å²) in [6.45, 7) is 2.75. The molecule has 0 radical (unpaired) electrons. The van der Waals surface area contributed by atoms with Crippen molar-refractivity contribution < 1.29 is 4.79 Å². The summed E-state index contributed by atoms with van der Waals surface area (Å²) in [6, 6.07) is 18.4. The molecule has 0 spiro atoms. The van der Waals surface area contributed by atoms with Gasteiger partial charge in [0.05, 0.1) is 11.0 Å². The Hall–Kier alpha value is -2.82. The van der Waals surface area contributed by atoms with Crippen LogP contribution in [0.15, 0.2) is 54.6 Å². The topological polar surface area (TPSA) is 61.0 Å². The van der Waals surface area contributed by atoms with Gasteiger partial charge in [0.1, 0.15) is 5.82 Å². The first-order chi connectivity index (χ1) is 12.6. The number of imidazole rings is 1. The summed E-state index contributed by atoms with van der Waals surface area (Å²) in [5.41, 5.74) is 3.17. The molecule has 0 bridgehead atoms. The number of nitrogens with zero attached hydrogens (tertiary/aromatic N) is 2. The van der Waals surface area contributed by atoms with E-state index in [-0.39, 0.29) is 11.9 Å². The number of fused-ring (bicyclic) bond motifs is 1. The molecule has 136 valence electrons. The van der Waals surface area contributed by atoms with Gasteiger partial charge in [-0.2, -0.15) is 0 Å². The van der Waals surface area contributed by atoms with Crippen molar-refractivity contribution in [1.82, 2.24) is 15.3 Å². The lowest BCUT2D eigenvalue weighted by atomic mass is 10.2. The molecule has 1 amide bonds. The van der Waals surface area contributed by atoms with Crippen molar-refractivity contribution >= 4 is 22.6 Å². The molecule has 5 nitrogen and oxygen atoms in total. The molecule has 3 aromatic rings. The third-order valence-corrected chi connectivity index (χ3v) is 4.68. The second-order valence-corrected chi connectivity index (χ2v) is 6.65. The standard InChI is InChI=1S/C21H26N4O/c1-16(25(2)17-9-4-3-5-10-17)15-22-21(26)14-8-13-20-23-18-11-6-7-12-19(18)24-20/h3-7,9-12,16H,8,13-15H2,1-2H3,(H,22,26)(H,23,24). The Kier molecular flexibility index (Phi) is 5.89. The third kappa shape index (κ3) is 4.63. The van der Waals surface area contributed by atoms with Gasteiger partial charge in [0.15, 0.2) is 0 Å². The highest BCUT2D eigenvalue weighted by Crippen LogP contribution is 2.14. The number of rotatable bonds is 8. The van der Waals surface area contributed by atoms with Crippen molar-refractivity contribution in [3.63, 3.8) is 0 Å². The zero-order chi connectivity index (χ0) is 18.4. The average molecular weight is 350 g/mol. The molecule has 1 heterocycles. The van der Waals surface area contributed by atoms with Crippen LogP contribution in [0, 0.1) is 0 Å². The van der Waals surface area contributed by atoms with Gasteiger partial charge in [-0.15, -0.1) is 0 Å². The maximum Gasteiger partial charge on any atom is 0.220 e. The molecule has 0 aliphatic carbocycles. The molecule has 3 rings (SSSR count). The van der Waals surface area contributed by atoms with Crippen molar-refractivity contribution in [2.75, 3.05) is 18.5 Å². The molecule has 0 aliphatic rings. The van der Waals surface area contributed by atoms with Gasteiger partial charge in [-0.3, -0.25) is 4.79 Å². The zero-order valence-electron chi connectivity index (χ0n) is 15.4. The number of H-pyrrole nitrogens is 1. The van der Waals surface area contributed by atoms with Crippen molar-refractivity contribution in [2.24, 2.45) is 0 Å². The fraction of sp³-hybridized carbons (Fsp3) is 0.333. The van der Waals surface area contributed by atoms with E-state index < -0.39 is 0 Å². The Morgan fingerprint density at radius 1 is 1.15 bits per heavy atom. The van der Waals surface area contributed by atoms with Crippen molar-refractivity contribution in [2.45, 2.75) is 32.2 Å². The van der Waals surface area contributed by atoms with Gasteiger partial charge in [0.2, 0.25) is 5.91 Å². The van der Waals surface area contributed by atoms with E-state index in [0.29, 0.717) is 13.0 Å². The Labute approximate surface area is 154 Å². The van der Waals surface area contributed by atoms with Crippen LogP contribution in [0.25, 0.3) is 11.0 Å². The number of anilines is 1. The Bertz CT molecular complexity index is 810. The van der Waals surface area contributed by atoms with Gasteiger partial charge in [-0.05, 0) is 37.6 Å². The lowest BCUT2D eigenvalue weighted by Gasteiger charge is -2.27. The van der Waals surface area contributed by atoms with Gasteiger partial charge >= 0.3 is 0 Å². The normalized spacial score (nSPS) is 12.1. The number of benzene rings is 2. The van der Waals surface area contributed by atoms with E-state index >= 15 is 0 Å². The Morgan fingerprint density at radius 2 is 1.88 bits per heavy atom. The van der Waals surface area contributed by atoms with Crippen LogP contribution in [-0.2, 0) is 11.2 Å². The first-order valence-corrected chi connectivity index (χ1v) is 9.11. The number of hydrogen-bond donors (Lipinski definition) is 2.